The molecule has 1 aliphatic rings. The Morgan fingerprint density at radius 1 is 1.21 bits per heavy atom. The second kappa shape index (κ2) is 8.41. The zero-order chi connectivity index (χ0) is 16.1. The molecule has 6 heteroatoms. The highest BCUT2D eigenvalue weighted by molar-refractivity contribution is 14.0. The van der Waals surface area contributed by atoms with Crippen LogP contribution < -0.4 is 10.6 Å². The van der Waals surface area contributed by atoms with Gasteiger partial charge in [0.1, 0.15) is 5.82 Å². The number of benzene rings is 1. The molecule has 128 valence electrons. The quantitative estimate of drug-likeness (QED) is 0.427. The third kappa shape index (κ3) is 4.66. The predicted molar refractivity (Wildman–Crippen MR) is 105 cm³/mol. The first-order chi connectivity index (χ1) is 11.2. The summed E-state index contributed by atoms with van der Waals surface area (Å²) in [6.07, 6.45) is 3.91. The van der Waals surface area contributed by atoms with Crippen molar-refractivity contribution in [1.82, 2.24) is 15.6 Å². The molecule has 0 spiro atoms. The number of aromatic nitrogens is 1. The lowest BCUT2D eigenvalue weighted by molar-refractivity contribution is 0.607. The first kappa shape index (κ1) is 18.6. The van der Waals surface area contributed by atoms with Crippen LogP contribution in [0, 0.1) is 5.82 Å². The van der Waals surface area contributed by atoms with E-state index in [2.05, 4.69) is 20.6 Å². The predicted octanol–water partition coefficient (Wildman–Crippen LogP) is 3.24. The smallest absolute Gasteiger partial charge is 0.191 e. The van der Waals surface area contributed by atoms with Gasteiger partial charge in [0.25, 0.3) is 0 Å². The number of nitrogens with one attached hydrogen (secondary N) is 2. The maximum Gasteiger partial charge on any atom is 0.191 e. The van der Waals surface area contributed by atoms with Crippen LogP contribution in [-0.4, -0.2) is 24.5 Å². The number of rotatable bonds is 5. The molecule has 3 rings (SSSR count). The fourth-order valence-corrected chi connectivity index (χ4v) is 2.69. The molecule has 1 saturated carbocycles. The van der Waals surface area contributed by atoms with Crippen molar-refractivity contribution in [3.05, 3.63) is 65.7 Å². The van der Waals surface area contributed by atoms with Gasteiger partial charge in [0.2, 0.25) is 0 Å². The standard InChI is InChI=1S/C18H21FN4.HI/c1-20-17(22-12-16-7-2-3-10-21-16)23-13-18(8-9-18)14-5-4-6-15(19)11-14;/h2-7,10-11H,8-9,12-13H2,1H3,(H2,20,22,23);1H. The molecule has 0 saturated heterocycles. The molecule has 1 aromatic carbocycles. The topological polar surface area (TPSA) is 49.3 Å². The Labute approximate surface area is 159 Å². The van der Waals surface area contributed by atoms with Gasteiger partial charge in [-0.1, -0.05) is 18.2 Å². The Bertz CT molecular complexity index is 686. The molecular weight excluding hydrogens is 418 g/mol. The van der Waals surface area contributed by atoms with Crippen molar-refractivity contribution in [2.75, 3.05) is 13.6 Å². The number of nitrogens with zero attached hydrogens (tertiary/aromatic N) is 2. The lowest BCUT2D eigenvalue weighted by Gasteiger charge is -2.19. The molecule has 0 amide bonds. The summed E-state index contributed by atoms with van der Waals surface area (Å²) in [7, 11) is 1.75. The van der Waals surface area contributed by atoms with Gasteiger partial charge in [-0.3, -0.25) is 9.98 Å². The Balaban J connectivity index is 0.00000208. The van der Waals surface area contributed by atoms with E-state index in [4.69, 9.17) is 0 Å². The van der Waals surface area contributed by atoms with Crippen molar-refractivity contribution < 1.29 is 4.39 Å². The molecular formula is C18H22FIN4. The summed E-state index contributed by atoms with van der Waals surface area (Å²) >= 11 is 0. The van der Waals surface area contributed by atoms with Crippen molar-refractivity contribution in [3.63, 3.8) is 0 Å². The summed E-state index contributed by atoms with van der Waals surface area (Å²) in [6, 6.07) is 12.7. The highest BCUT2D eigenvalue weighted by atomic mass is 127. The average molecular weight is 440 g/mol. The van der Waals surface area contributed by atoms with Gasteiger partial charge in [-0.05, 0) is 42.7 Å². The van der Waals surface area contributed by atoms with Crippen LogP contribution in [-0.2, 0) is 12.0 Å². The second-order valence-corrected chi connectivity index (χ2v) is 5.89. The molecule has 2 aromatic rings. The molecule has 0 atom stereocenters. The van der Waals surface area contributed by atoms with E-state index in [1.807, 2.05) is 24.3 Å². The molecule has 1 fully saturated rings. The first-order valence-electron chi connectivity index (χ1n) is 7.82. The van der Waals surface area contributed by atoms with Crippen LogP contribution in [0.25, 0.3) is 0 Å². The van der Waals surface area contributed by atoms with E-state index in [0.717, 1.165) is 36.6 Å². The van der Waals surface area contributed by atoms with E-state index in [9.17, 15) is 4.39 Å². The van der Waals surface area contributed by atoms with Gasteiger partial charge in [0, 0.05) is 25.2 Å². The fourth-order valence-electron chi connectivity index (χ4n) is 2.69. The van der Waals surface area contributed by atoms with Crippen molar-refractivity contribution in [3.8, 4) is 0 Å². The summed E-state index contributed by atoms with van der Waals surface area (Å²) in [5.74, 6) is 0.560. The average Bonchev–Trinajstić information content (AvgIpc) is 3.37. The van der Waals surface area contributed by atoms with E-state index in [0.29, 0.717) is 6.54 Å². The van der Waals surface area contributed by atoms with Crippen LogP contribution in [0.3, 0.4) is 0 Å². The zero-order valence-corrected chi connectivity index (χ0v) is 16.0. The van der Waals surface area contributed by atoms with Gasteiger partial charge >= 0.3 is 0 Å². The molecule has 24 heavy (non-hydrogen) atoms. The molecule has 0 aliphatic heterocycles. The minimum atomic E-state index is -0.175. The Kier molecular flexibility index (Phi) is 6.53. The maximum atomic E-state index is 13.4. The van der Waals surface area contributed by atoms with Gasteiger partial charge in [0.15, 0.2) is 5.96 Å². The first-order valence-corrected chi connectivity index (χ1v) is 7.82. The van der Waals surface area contributed by atoms with Gasteiger partial charge in [0.05, 0.1) is 12.2 Å². The molecule has 0 radical (unpaired) electrons. The second-order valence-electron chi connectivity index (χ2n) is 5.89. The van der Waals surface area contributed by atoms with Crippen molar-refractivity contribution in [2.24, 2.45) is 4.99 Å². The van der Waals surface area contributed by atoms with Crippen molar-refractivity contribution in [2.45, 2.75) is 24.8 Å². The van der Waals surface area contributed by atoms with E-state index in [-0.39, 0.29) is 35.2 Å². The maximum absolute atomic E-state index is 13.4. The van der Waals surface area contributed by atoms with Crippen molar-refractivity contribution >= 4 is 29.9 Å². The minimum absolute atomic E-state index is 0. The molecule has 1 aliphatic carbocycles. The zero-order valence-electron chi connectivity index (χ0n) is 13.6. The highest BCUT2D eigenvalue weighted by Crippen LogP contribution is 2.47. The number of halogens is 2. The molecule has 4 nitrogen and oxygen atoms in total. The molecule has 0 unspecified atom stereocenters. The number of hydrogen-bond acceptors (Lipinski definition) is 2. The van der Waals surface area contributed by atoms with Crippen LogP contribution in [0.15, 0.2) is 53.7 Å². The Morgan fingerprint density at radius 2 is 2.04 bits per heavy atom. The SMILES string of the molecule is CN=C(NCc1ccccn1)NCC1(c2cccc(F)c2)CC1.I. The monoisotopic (exact) mass is 440 g/mol. The largest absolute Gasteiger partial charge is 0.356 e. The fraction of sp³-hybridized carbons (Fsp3) is 0.333. The summed E-state index contributed by atoms with van der Waals surface area (Å²) in [5.41, 5.74) is 2.05. The van der Waals surface area contributed by atoms with Gasteiger partial charge in [-0.25, -0.2) is 4.39 Å². The van der Waals surface area contributed by atoms with E-state index in [1.165, 1.54) is 6.07 Å². The Morgan fingerprint density at radius 3 is 2.67 bits per heavy atom. The lowest BCUT2D eigenvalue weighted by Crippen LogP contribution is -2.41. The van der Waals surface area contributed by atoms with Crippen LogP contribution in [0.2, 0.25) is 0 Å². The third-order valence-electron chi connectivity index (χ3n) is 4.27. The molecule has 1 aromatic heterocycles. The van der Waals surface area contributed by atoms with E-state index < -0.39 is 0 Å². The third-order valence-corrected chi connectivity index (χ3v) is 4.27. The van der Waals surface area contributed by atoms with E-state index in [1.54, 1.807) is 25.4 Å². The van der Waals surface area contributed by atoms with Crippen LogP contribution in [0.5, 0.6) is 0 Å². The minimum Gasteiger partial charge on any atom is -0.356 e. The van der Waals surface area contributed by atoms with Crippen LogP contribution >= 0.6 is 24.0 Å². The summed E-state index contributed by atoms with van der Waals surface area (Å²) in [6.45, 7) is 1.37. The molecule has 1 heterocycles. The van der Waals surface area contributed by atoms with Gasteiger partial charge in [-0.15, -0.1) is 24.0 Å². The number of aliphatic imine (C=N–C) groups is 1. The van der Waals surface area contributed by atoms with E-state index >= 15 is 0 Å². The van der Waals surface area contributed by atoms with Crippen LogP contribution in [0.4, 0.5) is 4.39 Å². The molecule has 2 N–H and O–H groups in total. The summed E-state index contributed by atoms with van der Waals surface area (Å²) in [5, 5.41) is 6.60. The summed E-state index contributed by atoms with van der Waals surface area (Å²) < 4.78 is 13.4. The lowest BCUT2D eigenvalue weighted by atomic mass is 9.96. The van der Waals surface area contributed by atoms with Crippen LogP contribution in [0.1, 0.15) is 24.1 Å². The van der Waals surface area contributed by atoms with Crippen molar-refractivity contribution in [1.29, 1.82) is 0 Å². The van der Waals surface area contributed by atoms with Gasteiger partial charge in [-0.2, -0.15) is 0 Å². The van der Waals surface area contributed by atoms with Gasteiger partial charge < -0.3 is 10.6 Å². The number of guanidine groups is 1. The number of pyridine rings is 1. The Hall–Kier alpha value is -1.70. The molecule has 0 bridgehead atoms. The summed E-state index contributed by atoms with van der Waals surface area (Å²) in [4.78, 5) is 8.51. The highest BCUT2D eigenvalue weighted by Gasteiger charge is 2.44. The number of hydrogen-bond donors (Lipinski definition) is 2. The normalized spacial score (nSPS) is 15.3.